The van der Waals surface area contributed by atoms with E-state index in [1.807, 2.05) is 18.2 Å². The van der Waals surface area contributed by atoms with Crippen LogP contribution >= 0.6 is 11.6 Å². The number of hydrogen-bond acceptors (Lipinski definition) is 2. The van der Waals surface area contributed by atoms with Crippen molar-refractivity contribution in [2.24, 2.45) is 11.7 Å². The summed E-state index contributed by atoms with van der Waals surface area (Å²) < 4.78 is 5.58. The molecular weight excluding hydrogens is 210 g/mol. The van der Waals surface area contributed by atoms with Gasteiger partial charge in [-0.2, -0.15) is 0 Å². The van der Waals surface area contributed by atoms with E-state index in [2.05, 4.69) is 0 Å². The molecule has 0 aliphatic heterocycles. The fourth-order valence-electron chi connectivity index (χ4n) is 1.45. The number of hydrogen-bond donors (Lipinski definition) is 1. The maximum atomic E-state index is 6.10. The molecule has 1 aromatic carbocycles. The van der Waals surface area contributed by atoms with Gasteiger partial charge >= 0.3 is 0 Å². The molecule has 0 radical (unpaired) electrons. The molecule has 1 aliphatic carbocycles. The third-order valence-electron chi connectivity index (χ3n) is 2.66. The van der Waals surface area contributed by atoms with Gasteiger partial charge in [-0.25, -0.2) is 0 Å². The third kappa shape index (κ3) is 3.20. The predicted octanol–water partition coefficient (Wildman–Crippen LogP) is 2.73. The molecule has 3 heteroatoms. The van der Waals surface area contributed by atoms with Gasteiger partial charge in [0.2, 0.25) is 0 Å². The molecule has 2 rings (SSSR count). The van der Waals surface area contributed by atoms with Crippen molar-refractivity contribution in [3.8, 4) is 0 Å². The molecular formula is C12H16ClNO. The van der Waals surface area contributed by atoms with Crippen LogP contribution in [0.25, 0.3) is 0 Å². The van der Waals surface area contributed by atoms with Crippen molar-refractivity contribution in [2.75, 3.05) is 6.61 Å². The van der Waals surface area contributed by atoms with E-state index in [1.165, 1.54) is 12.8 Å². The molecule has 2 N–H and O–H groups in total. The van der Waals surface area contributed by atoms with Crippen LogP contribution in [0.2, 0.25) is 5.02 Å². The van der Waals surface area contributed by atoms with Gasteiger partial charge < -0.3 is 10.5 Å². The summed E-state index contributed by atoms with van der Waals surface area (Å²) in [5.74, 6) is 0.798. The Labute approximate surface area is 95.4 Å². The second kappa shape index (κ2) is 4.97. The molecule has 0 amide bonds. The first-order valence-electron chi connectivity index (χ1n) is 5.34. The van der Waals surface area contributed by atoms with Crippen molar-refractivity contribution in [1.82, 2.24) is 0 Å². The number of benzene rings is 1. The van der Waals surface area contributed by atoms with E-state index in [9.17, 15) is 0 Å². The first kappa shape index (κ1) is 10.9. The zero-order chi connectivity index (χ0) is 10.7. The van der Waals surface area contributed by atoms with E-state index in [0.29, 0.717) is 13.2 Å². The summed E-state index contributed by atoms with van der Waals surface area (Å²) in [6, 6.07) is 5.91. The Morgan fingerprint density at radius 3 is 2.80 bits per heavy atom. The quantitative estimate of drug-likeness (QED) is 0.837. The van der Waals surface area contributed by atoms with E-state index < -0.39 is 0 Å². The monoisotopic (exact) mass is 225 g/mol. The molecule has 0 bridgehead atoms. The maximum absolute atomic E-state index is 6.10. The minimum Gasteiger partial charge on any atom is -0.376 e. The molecule has 0 spiro atoms. The van der Waals surface area contributed by atoms with Crippen molar-refractivity contribution in [3.05, 3.63) is 34.3 Å². The first-order valence-corrected chi connectivity index (χ1v) is 5.72. The Kier molecular flexibility index (Phi) is 3.62. The lowest BCUT2D eigenvalue weighted by Crippen LogP contribution is -2.00. The molecule has 0 aromatic heterocycles. The zero-order valence-corrected chi connectivity index (χ0v) is 9.46. The van der Waals surface area contributed by atoms with Crippen LogP contribution in [-0.2, 0) is 17.9 Å². The van der Waals surface area contributed by atoms with Gasteiger partial charge in [0.1, 0.15) is 0 Å². The topological polar surface area (TPSA) is 35.2 Å². The molecule has 1 aromatic rings. The summed E-state index contributed by atoms with van der Waals surface area (Å²) in [6.07, 6.45) is 2.64. The highest BCUT2D eigenvalue weighted by Crippen LogP contribution is 2.29. The van der Waals surface area contributed by atoms with Gasteiger partial charge in [-0.15, -0.1) is 0 Å². The summed E-state index contributed by atoms with van der Waals surface area (Å²) in [5.41, 5.74) is 7.64. The molecule has 0 heterocycles. The van der Waals surface area contributed by atoms with Gasteiger partial charge in [-0.1, -0.05) is 23.7 Å². The Morgan fingerprint density at radius 1 is 1.40 bits per heavy atom. The first-order chi connectivity index (χ1) is 7.29. The van der Waals surface area contributed by atoms with Crippen molar-refractivity contribution < 1.29 is 4.74 Å². The number of rotatable bonds is 5. The lowest BCUT2D eigenvalue weighted by Gasteiger charge is -2.07. The molecule has 1 aliphatic rings. The highest BCUT2D eigenvalue weighted by molar-refractivity contribution is 6.31. The molecule has 0 atom stereocenters. The van der Waals surface area contributed by atoms with Crippen LogP contribution < -0.4 is 5.73 Å². The molecule has 0 saturated heterocycles. The Balaban J connectivity index is 1.88. The summed E-state index contributed by atoms with van der Waals surface area (Å²) >= 11 is 6.10. The van der Waals surface area contributed by atoms with Crippen molar-refractivity contribution in [2.45, 2.75) is 26.0 Å². The molecule has 0 unspecified atom stereocenters. The highest BCUT2D eigenvalue weighted by atomic mass is 35.5. The Hall–Kier alpha value is -0.570. The van der Waals surface area contributed by atoms with E-state index in [1.54, 1.807) is 0 Å². The second-order valence-electron chi connectivity index (χ2n) is 4.09. The van der Waals surface area contributed by atoms with Crippen LogP contribution in [-0.4, -0.2) is 6.61 Å². The van der Waals surface area contributed by atoms with Gasteiger partial charge in [-0.05, 0) is 36.0 Å². The fraction of sp³-hybridized carbons (Fsp3) is 0.500. The molecule has 82 valence electrons. The van der Waals surface area contributed by atoms with Gasteiger partial charge in [0.05, 0.1) is 6.61 Å². The standard InChI is InChI=1S/C12H16ClNO/c13-12-5-10(6-14)3-4-11(12)8-15-7-9-1-2-9/h3-5,9H,1-2,6-8,14H2. The van der Waals surface area contributed by atoms with Gasteiger partial charge in [-0.3, -0.25) is 0 Å². The van der Waals surface area contributed by atoms with E-state index in [-0.39, 0.29) is 0 Å². The van der Waals surface area contributed by atoms with Gasteiger partial charge in [0.15, 0.2) is 0 Å². The van der Waals surface area contributed by atoms with Crippen LogP contribution in [0.1, 0.15) is 24.0 Å². The fourth-order valence-corrected chi connectivity index (χ4v) is 1.71. The van der Waals surface area contributed by atoms with Crippen molar-refractivity contribution >= 4 is 11.6 Å². The number of nitrogens with two attached hydrogens (primary N) is 1. The highest BCUT2D eigenvalue weighted by Gasteiger charge is 2.21. The number of halogens is 1. The molecule has 1 fully saturated rings. The van der Waals surface area contributed by atoms with E-state index in [0.717, 1.165) is 28.7 Å². The summed E-state index contributed by atoms with van der Waals surface area (Å²) in [7, 11) is 0. The predicted molar refractivity (Wildman–Crippen MR) is 61.7 cm³/mol. The molecule has 1 saturated carbocycles. The SMILES string of the molecule is NCc1ccc(COCC2CC2)c(Cl)c1. The number of ether oxygens (including phenoxy) is 1. The van der Waals surface area contributed by atoms with E-state index in [4.69, 9.17) is 22.1 Å². The van der Waals surface area contributed by atoms with Gasteiger partial charge in [0.25, 0.3) is 0 Å². The van der Waals surface area contributed by atoms with Crippen LogP contribution in [0.5, 0.6) is 0 Å². The van der Waals surface area contributed by atoms with Crippen LogP contribution in [0.15, 0.2) is 18.2 Å². The average Bonchev–Trinajstić information content (AvgIpc) is 3.04. The lowest BCUT2D eigenvalue weighted by molar-refractivity contribution is 0.111. The lowest BCUT2D eigenvalue weighted by atomic mass is 10.1. The Morgan fingerprint density at radius 2 is 2.20 bits per heavy atom. The second-order valence-corrected chi connectivity index (χ2v) is 4.50. The van der Waals surface area contributed by atoms with Crippen LogP contribution in [0.3, 0.4) is 0 Å². The van der Waals surface area contributed by atoms with Crippen LogP contribution in [0, 0.1) is 5.92 Å². The van der Waals surface area contributed by atoms with E-state index >= 15 is 0 Å². The minimum atomic E-state index is 0.531. The zero-order valence-electron chi connectivity index (χ0n) is 8.71. The summed E-state index contributed by atoms with van der Waals surface area (Å²) in [6.45, 7) is 2.01. The summed E-state index contributed by atoms with van der Waals surface area (Å²) in [5, 5.41) is 0.758. The largest absolute Gasteiger partial charge is 0.376 e. The molecule has 15 heavy (non-hydrogen) atoms. The normalized spacial score (nSPS) is 15.6. The smallest absolute Gasteiger partial charge is 0.0731 e. The van der Waals surface area contributed by atoms with Crippen LogP contribution in [0.4, 0.5) is 0 Å². The van der Waals surface area contributed by atoms with Crippen molar-refractivity contribution in [1.29, 1.82) is 0 Å². The third-order valence-corrected chi connectivity index (χ3v) is 3.01. The minimum absolute atomic E-state index is 0.531. The average molecular weight is 226 g/mol. The maximum Gasteiger partial charge on any atom is 0.0731 e. The summed E-state index contributed by atoms with van der Waals surface area (Å²) in [4.78, 5) is 0. The van der Waals surface area contributed by atoms with Crippen molar-refractivity contribution in [3.63, 3.8) is 0 Å². The van der Waals surface area contributed by atoms with Gasteiger partial charge in [0, 0.05) is 18.2 Å². The molecule has 2 nitrogen and oxygen atoms in total. The Bertz CT molecular complexity index is 336.